The molecule has 144 valence electrons. The fourth-order valence-corrected chi connectivity index (χ4v) is 3.28. The summed E-state index contributed by atoms with van der Waals surface area (Å²) in [6.07, 6.45) is 1.83. The van der Waals surface area contributed by atoms with Gasteiger partial charge in [-0.25, -0.2) is 0 Å². The molecule has 1 unspecified atom stereocenters. The molecule has 2 aromatic rings. The van der Waals surface area contributed by atoms with Gasteiger partial charge in [-0.2, -0.15) is 11.3 Å². The lowest BCUT2D eigenvalue weighted by Gasteiger charge is -2.18. The number of carbonyl (C=O) groups excluding carboxylic acids is 2. The van der Waals surface area contributed by atoms with Crippen LogP contribution in [0.1, 0.15) is 44.2 Å². The van der Waals surface area contributed by atoms with E-state index >= 15 is 0 Å². The van der Waals surface area contributed by atoms with Crippen molar-refractivity contribution in [3.63, 3.8) is 0 Å². The van der Waals surface area contributed by atoms with E-state index in [2.05, 4.69) is 10.6 Å². The molecule has 3 N–H and O–H groups in total. The maximum atomic E-state index is 12.1. The van der Waals surface area contributed by atoms with Crippen LogP contribution in [0, 0.1) is 0 Å². The fraction of sp³-hybridized carbons (Fsp3) is 0.350. The lowest BCUT2D eigenvalue weighted by atomic mass is 10.00. The molecule has 1 aromatic heterocycles. The Bertz CT molecular complexity index is 757. The average Bonchev–Trinajstić information content (AvgIpc) is 3.18. The zero-order chi connectivity index (χ0) is 19.6. The van der Waals surface area contributed by atoms with Gasteiger partial charge in [0.15, 0.2) is 0 Å². The molecule has 7 heteroatoms. The molecule has 0 fully saturated rings. The van der Waals surface area contributed by atoms with Gasteiger partial charge in [0.1, 0.15) is 0 Å². The number of amides is 2. The van der Waals surface area contributed by atoms with Crippen LogP contribution in [0.4, 0.5) is 0 Å². The van der Waals surface area contributed by atoms with Crippen LogP contribution < -0.4 is 10.6 Å². The Morgan fingerprint density at radius 3 is 2.41 bits per heavy atom. The van der Waals surface area contributed by atoms with E-state index < -0.39 is 17.9 Å². The molecule has 1 heterocycles. The second-order valence-corrected chi connectivity index (χ2v) is 7.01. The third kappa shape index (κ3) is 6.86. The van der Waals surface area contributed by atoms with Crippen molar-refractivity contribution in [3.05, 3.63) is 46.7 Å². The molecule has 27 heavy (non-hydrogen) atoms. The van der Waals surface area contributed by atoms with Crippen LogP contribution in [0.25, 0.3) is 11.1 Å². The van der Waals surface area contributed by atoms with Crippen LogP contribution in [0.2, 0.25) is 0 Å². The lowest BCUT2D eigenvalue weighted by Crippen LogP contribution is -2.39. The molecule has 0 bridgehead atoms. The Morgan fingerprint density at radius 2 is 1.81 bits per heavy atom. The third-order valence-corrected chi connectivity index (χ3v) is 4.77. The molecule has 0 saturated carbocycles. The first-order chi connectivity index (χ1) is 13.0. The molecule has 0 radical (unpaired) electrons. The molecule has 0 aliphatic rings. The number of nitrogens with one attached hydrogen (secondary N) is 2. The van der Waals surface area contributed by atoms with Gasteiger partial charge < -0.3 is 15.7 Å². The number of hydrogen-bond acceptors (Lipinski definition) is 4. The highest BCUT2D eigenvalue weighted by Gasteiger charge is 2.18. The van der Waals surface area contributed by atoms with E-state index in [0.29, 0.717) is 12.0 Å². The summed E-state index contributed by atoms with van der Waals surface area (Å²) < 4.78 is 0. The fourth-order valence-electron chi connectivity index (χ4n) is 2.61. The summed E-state index contributed by atoms with van der Waals surface area (Å²) in [6.45, 7) is 1.83. The van der Waals surface area contributed by atoms with Gasteiger partial charge in [-0.15, -0.1) is 0 Å². The Labute approximate surface area is 162 Å². The Kier molecular flexibility index (Phi) is 8.00. The predicted molar refractivity (Wildman–Crippen MR) is 105 cm³/mol. The van der Waals surface area contributed by atoms with E-state index in [0.717, 1.165) is 24.0 Å². The van der Waals surface area contributed by atoms with Gasteiger partial charge in [-0.1, -0.05) is 37.6 Å². The molecule has 2 amide bonds. The lowest BCUT2D eigenvalue weighted by molar-refractivity contribution is -0.138. The summed E-state index contributed by atoms with van der Waals surface area (Å²) in [6, 6.07) is 8.81. The van der Waals surface area contributed by atoms with Crippen molar-refractivity contribution in [2.75, 3.05) is 6.54 Å². The zero-order valence-electron chi connectivity index (χ0n) is 15.2. The number of benzene rings is 1. The second-order valence-electron chi connectivity index (χ2n) is 6.23. The maximum absolute atomic E-state index is 12.1. The number of carbonyl (C=O) groups is 3. The Morgan fingerprint density at radius 1 is 1.07 bits per heavy atom. The topological polar surface area (TPSA) is 95.5 Å². The van der Waals surface area contributed by atoms with Gasteiger partial charge in [-0.05, 0) is 39.9 Å². The molecule has 1 atom stereocenters. The summed E-state index contributed by atoms with van der Waals surface area (Å²) in [7, 11) is 0. The van der Waals surface area contributed by atoms with Gasteiger partial charge in [0.2, 0.25) is 11.8 Å². The van der Waals surface area contributed by atoms with Crippen molar-refractivity contribution in [1.82, 2.24) is 10.6 Å². The first-order valence-corrected chi connectivity index (χ1v) is 9.84. The summed E-state index contributed by atoms with van der Waals surface area (Å²) in [5.74, 6) is -1.59. The van der Waals surface area contributed by atoms with E-state index in [1.165, 1.54) is 0 Å². The van der Waals surface area contributed by atoms with Gasteiger partial charge in [-0.3, -0.25) is 14.4 Å². The number of thiophene rings is 1. The minimum absolute atomic E-state index is 0.161. The molecule has 1 aromatic carbocycles. The first-order valence-electron chi connectivity index (χ1n) is 8.90. The van der Waals surface area contributed by atoms with E-state index in [1.54, 1.807) is 11.3 Å². The summed E-state index contributed by atoms with van der Waals surface area (Å²) in [5, 5.41) is 18.4. The average molecular weight is 388 g/mol. The standard InChI is InChI=1S/C20H24N2O4S/c1-2-3-4-18(23)21-12-19(24)22-17(11-20(25)26)15-7-5-14(6-8-15)16-9-10-27-13-16/h5-10,13,17H,2-4,11-12H2,1H3,(H,21,23)(H,22,24)(H,25,26). The summed E-state index contributed by atoms with van der Waals surface area (Å²) in [5.41, 5.74) is 2.84. The monoisotopic (exact) mass is 388 g/mol. The normalized spacial score (nSPS) is 11.6. The van der Waals surface area contributed by atoms with Crippen molar-refractivity contribution < 1.29 is 19.5 Å². The van der Waals surface area contributed by atoms with Crippen LogP contribution in [0.3, 0.4) is 0 Å². The molecule has 0 saturated heterocycles. The zero-order valence-corrected chi connectivity index (χ0v) is 16.1. The van der Waals surface area contributed by atoms with Crippen LogP contribution in [-0.2, 0) is 14.4 Å². The van der Waals surface area contributed by atoms with Crippen molar-refractivity contribution in [2.24, 2.45) is 0 Å². The number of aliphatic carboxylic acids is 1. The largest absolute Gasteiger partial charge is 0.481 e. The number of rotatable bonds is 10. The quantitative estimate of drug-likeness (QED) is 0.582. The smallest absolute Gasteiger partial charge is 0.305 e. The Hall–Kier alpha value is -2.67. The van der Waals surface area contributed by atoms with Crippen molar-refractivity contribution in [3.8, 4) is 11.1 Å². The van der Waals surface area contributed by atoms with Gasteiger partial charge in [0.25, 0.3) is 0 Å². The molecular formula is C20H24N2O4S. The summed E-state index contributed by atoms with van der Waals surface area (Å²) in [4.78, 5) is 34.9. The minimum atomic E-state index is -1.01. The molecule has 0 aliphatic heterocycles. The predicted octanol–water partition coefficient (Wildman–Crippen LogP) is 3.35. The molecular weight excluding hydrogens is 364 g/mol. The molecule has 6 nitrogen and oxygen atoms in total. The first kappa shape index (κ1) is 20.6. The van der Waals surface area contributed by atoms with Gasteiger partial charge >= 0.3 is 5.97 Å². The van der Waals surface area contributed by atoms with Crippen LogP contribution in [-0.4, -0.2) is 29.4 Å². The van der Waals surface area contributed by atoms with Crippen LogP contribution in [0.15, 0.2) is 41.1 Å². The van der Waals surface area contributed by atoms with Crippen molar-refractivity contribution in [2.45, 2.75) is 38.6 Å². The van der Waals surface area contributed by atoms with E-state index in [9.17, 15) is 14.4 Å². The molecule has 2 rings (SSSR count). The molecule has 0 aliphatic carbocycles. The van der Waals surface area contributed by atoms with Gasteiger partial charge in [0.05, 0.1) is 19.0 Å². The molecule has 0 spiro atoms. The SMILES string of the molecule is CCCCC(=O)NCC(=O)NC(CC(=O)O)c1ccc(-c2ccsc2)cc1. The number of carboxylic acids is 1. The number of hydrogen-bond donors (Lipinski definition) is 3. The minimum Gasteiger partial charge on any atom is -0.481 e. The summed E-state index contributed by atoms with van der Waals surface area (Å²) >= 11 is 1.61. The highest BCUT2D eigenvalue weighted by atomic mass is 32.1. The van der Waals surface area contributed by atoms with Crippen LogP contribution >= 0.6 is 11.3 Å². The second kappa shape index (κ2) is 10.5. The third-order valence-electron chi connectivity index (χ3n) is 4.09. The highest BCUT2D eigenvalue weighted by molar-refractivity contribution is 7.08. The highest BCUT2D eigenvalue weighted by Crippen LogP contribution is 2.25. The Balaban J connectivity index is 1.99. The van der Waals surface area contributed by atoms with E-state index in [1.807, 2.05) is 48.0 Å². The van der Waals surface area contributed by atoms with Crippen molar-refractivity contribution >= 4 is 29.1 Å². The van der Waals surface area contributed by atoms with Crippen LogP contribution in [0.5, 0.6) is 0 Å². The number of unbranched alkanes of at least 4 members (excludes halogenated alkanes) is 1. The number of carboxylic acid groups (broad SMARTS) is 1. The maximum Gasteiger partial charge on any atom is 0.305 e. The van der Waals surface area contributed by atoms with E-state index in [-0.39, 0.29) is 18.9 Å². The van der Waals surface area contributed by atoms with E-state index in [4.69, 9.17) is 5.11 Å². The van der Waals surface area contributed by atoms with Crippen molar-refractivity contribution in [1.29, 1.82) is 0 Å². The van der Waals surface area contributed by atoms with Gasteiger partial charge in [0, 0.05) is 6.42 Å².